The Hall–Kier alpha value is -1.78. The van der Waals surface area contributed by atoms with Crippen LogP contribution < -0.4 is 10.6 Å². The van der Waals surface area contributed by atoms with Gasteiger partial charge in [0.1, 0.15) is 5.82 Å². The molecule has 1 fully saturated rings. The molecule has 0 spiro atoms. The molecule has 1 amide bonds. The molecule has 0 aromatic carbocycles. The lowest BCUT2D eigenvalue weighted by Crippen LogP contribution is -2.50. The molecule has 0 saturated carbocycles. The van der Waals surface area contributed by atoms with Crippen LogP contribution in [0.25, 0.3) is 0 Å². The van der Waals surface area contributed by atoms with Crippen LogP contribution in [-0.4, -0.2) is 42.0 Å². The van der Waals surface area contributed by atoms with Crippen LogP contribution in [0.3, 0.4) is 0 Å². The van der Waals surface area contributed by atoms with Crippen molar-refractivity contribution < 1.29 is 4.79 Å². The highest BCUT2D eigenvalue weighted by Crippen LogP contribution is 2.18. The Kier molecular flexibility index (Phi) is 4.47. The minimum atomic E-state index is 0.0937. The Bertz CT molecular complexity index is 449. The van der Waals surface area contributed by atoms with Gasteiger partial charge in [-0.2, -0.15) is 0 Å². The zero-order valence-electron chi connectivity index (χ0n) is 12.5. The molecule has 20 heavy (non-hydrogen) atoms. The lowest BCUT2D eigenvalue weighted by molar-refractivity contribution is -0.136. The van der Waals surface area contributed by atoms with Gasteiger partial charge in [0.15, 0.2) is 0 Å². The fourth-order valence-corrected chi connectivity index (χ4v) is 2.31. The van der Waals surface area contributed by atoms with E-state index in [2.05, 4.69) is 23.7 Å². The zero-order valence-corrected chi connectivity index (χ0v) is 12.5. The van der Waals surface area contributed by atoms with Gasteiger partial charge in [-0.25, -0.2) is 4.98 Å². The van der Waals surface area contributed by atoms with Gasteiger partial charge in [0.25, 0.3) is 0 Å². The average molecular weight is 276 g/mol. The topological polar surface area (TPSA) is 62.5 Å². The molecule has 1 aromatic heterocycles. The number of hydrogen-bond acceptors (Lipinski definition) is 4. The van der Waals surface area contributed by atoms with Crippen LogP contribution in [0.15, 0.2) is 18.3 Å². The Morgan fingerprint density at radius 1 is 1.20 bits per heavy atom. The number of amides is 1. The van der Waals surface area contributed by atoms with E-state index in [4.69, 9.17) is 5.73 Å². The quantitative estimate of drug-likeness (QED) is 0.911. The lowest BCUT2D eigenvalue weighted by Gasteiger charge is -2.37. The van der Waals surface area contributed by atoms with E-state index in [1.165, 1.54) is 0 Å². The summed E-state index contributed by atoms with van der Waals surface area (Å²) in [6.45, 7) is 9.39. The van der Waals surface area contributed by atoms with Crippen LogP contribution in [0.4, 0.5) is 11.5 Å². The highest BCUT2D eigenvalue weighted by Gasteiger charge is 2.26. The van der Waals surface area contributed by atoms with E-state index in [0.717, 1.165) is 32.0 Å². The Balaban J connectivity index is 1.92. The van der Waals surface area contributed by atoms with E-state index in [1.807, 2.05) is 24.0 Å². The number of piperazine rings is 1. The van der Waals surface area contributed by atoms with Crippen molar-refractivity contribution in [3.05, 3.63) is 18.3 Å². The molecule has 1 aromatic rings. The molecule has 1 atom stereocenters. The first-order valence-electron chi connectivity index (χ1n) is 7.24. The summed E-state index contributed by atoms with van der Waals surface area (Å²) >= 11 is 0. The standard InChI is InChI=1S/C15H24N4O/c1-11(2)12(3)15(20)19-8-6-18(7-9-19)14-5-4-13(16)10-17-14/h4-5,10-12H,6-9,16H2,1-3H3. The van der Waals surface area contributed by atoms with Crippen molar-refractivity contribution in [2.75, 3.05) is 36.8 Å². The first kappa shape index (κ1) is 14.6. The van der Waals surface area contributed by atoms with E-state index in [-0.39, 0.29) is 11.8 Å². The third-order valence-electron chi connectivity index (χ3n) is 4.08. The van der Waals surface area contributed by atoms with Crippen molar-refractivity contribution in [1.82, 2.24) is 9.88 Å². The smallest absolute Gasteiger partial charge is 0.225 e. The second-order valence-corrected chi connectivity index (χ2v) is 5.79. The van der Waals surface area contributed by atoms with E-state index in [0.29, 0.717) is 11.6 Å². The molecular weight excluding hydrogens is 252 g/mol. The molecule has 2 N–H and O–H groups in total. The number of aromatic nitrogens is 1. The number of rotatable bonds is 3. The maximum atomic E-state index is 12.3. The minimum Gasteiger partial charge on any atom is -0.397 e. The summed E-state index contributed by atoms with van der Waals surface area (Å²) in [5.74, 6) is 1.68. The number of anilines is 2. The summed E-state index contributed by atoms with van der Waals surface area (Å²) < 4.78 is 0. The van der Waals surface area contributed by atoms with Crippen LogP contribution in [0.2, 0.25) is 0 Å². The molecule has 5 heteroatoms. The van der Waals surface area contributed by atoms with Crippen LogP contribution in [0, 0.1) is 11.8 Å². The third kappa shape index (κ3) is 3.21. The van der Waals surface area contributed by atoms with E-state index in [9.17, 15) is 4.79 Å². The molecular formula is C15H24N4O. The maximum Gasteiger partial charge on any atom is 0.225 e. The molecule has 0 bridgehead atoms. The van der Waals surface area contributed by atoms with Gasteiger partial charge in [-0.1, -0.05) is 20.8 Å². The number of pyridine rings is 1. The highest BCUT2D eigenvalue weighted by molar-refractivity contribution is 5.79. The van der Waals surface area contributed by atoms with Gasteiger partial charge in [0, 0.05) is 32.1 Å². The number of nitrogen functional groups attached to an aromatic ring is 1. The molecule has 1 aliphatic rings. The van der Waals surface area contributed by atoms with Gasteiger partial charge >= 0.3 is 0 Å². The fourth-order valence-electron chi connectivity index (χ4n) is 2.31. The number of nitrogens with two attached hydrogens (primary N) is 1. The summed E-state index contributed by atoms with van der Waals surface area (Å²) in [6.07, 6.45) is 1.67. The van der Waals surface area contributed by atoms with Crippen LogP contribution in [-0.2, 0) is 4.79 Å². The van der Waals surface area contributed by atoms with Crippen molar-refractivity contribution in [3.8, 4) is 0 Å². The van der Waals surface area contributed by atoms with E-state index >= 15 is 0 Å². The van der Waals surface area contributed by atoms with E-state index in [1.54, 1.807) is 6.20 Å². The molecule has 1 unspecified atom stereocenters. The summed E-state index contributed by atoms with van der Waals surface area (Å²) in [4.78, 5) is 20.8. The molecule has 0 aliphatic carbocycles. The normalized spacial score (nSPS) is 17.4. The molecule has 110 valence electrons. The van der Waals surface area contributed by atoms with E-state index < -0.39 is 0 Å². The molecule has 1 saturated heterocycles. The second kappa shape index (κ2) is 6.11. The van der Waals surface area contributed by atoms with Gasteiger partial charge in [0.05, 0.1) is 11.9 Å². The molecule has 1 aliphatic heterocycles. The summed E-state index contributed by atoms with van der Waals surface area (Å²) in [5.41, 5.74) is 6.32. The first-order chi connectivity index (χ1) is 9.49. The van der Waals surface area contributed by atoms with Crippen molar-refractivity contribution in [1.29, 1.82) is 0 Å². The zero-order chi connectivity index (χ0) is 14.7. The van der Waals surface area contributed by atoms with Crippen molar-refractivity contribution >= 4 is 17.4 Å². The predicted octanol–water partition coefficient (Wildman–Crippen LogP) is 1.60. The van der Waals surface area contributed by atoms with Gasteiger partial charge in [-0.3, -0.25) is 4.79 Å². The number of carbonyl (C=O) groups is 1. The Morgan fingerprint density at radius 2 is 1.85 bits per heavy atom. The van der Waals surface area contributed by atoms with Crippen LogP contribution >= 0.6 is 0 Å². The summed E-state index contributed by atoms with van der Waals surface area (Å²) in [7, 11) is 0. The third-order valence-corrected chi connectivity index (χ3v) is 4.08. The number of carbonyl (C=O) groups excluding carboxylic acids is 1. The Morgan fingerprint density at radius 3 is 2.35 bits per heavy atom. The van der Waals surface area contributed by atoms with Crippen LogP contribution in [0.1, 0.15) is 20.8 Å². The second-order valence-electron chi connectivity index (χ2n) is 5.79. The Labute approximate surface area is 120 Å². The number of hydrogen-bond donors (Lipinski definition) is 1. The highest BCUT2D eigenvalue weighted by atomic mass is 16.2. The van der Waals surface area contributed by atoms with Gasteiger partial charge in [0.2, 0.25) is 5.91 Å². The largest absolute Gasteiger partial charge is 0.397 e. The average Bonchev–Trinajstić information content (AvgIpc) is 2.46. The van der Waals surface area contributed by atoms with Crippen molar-refractivity contribution in [2.45, 2.75) is 20.8 Å². The van der Waals surface area contributed by atoms with Crippen LogP contribution in [0.5, 0.6) is 0 Å². The van der Waals surface area contributed by atoms with Crippen molar-refractivity contribution in [2.24, 2.45) is 11.8 Å². The fraction of sp³-hybridized carbons (Fsp3) is 0.600. The maximum absolute atomic E-state index is 12.3. The first-order valence-corrected chi connectivity index (χ1v) is 7.24. The van der Waals surface area contributed by atoms with Crippen molar-refractivity contribution in [3.63, 3.8) is 0 Å². The number of nitrogens with zero attached hydrogens (tertiary/aromatic N) is 3. The minimum absolute atomic E-state index is 0.0937. The van der Waals surface area contributed by atoms with Gasteiger partial charge in [-0.15, -0.1) is 0 Å². The molecule has 5 nitrogen and oxygen atoms in total. The van der Waals surface area contributed by atoms with Gasteiger partial charge < -0.3 is 15.5 Å². The summed E-state index contributed by atoms with van der Waals surface area (Å²) in [5, 5.41) is 0. The van der Waals surface area contributed by atoms with Gasteiger partial charge in [-0.05, 0) is 18.1 Å². The monoisotopic (exact) mass is 276 g/mol. The molecule has 2 rings (SSSR count). The lowest BCUT2D eigenvalue weighted by atomic mass is 9.96. The predicted molar refractivity (Wildman–Crippen MR) is 81.4 cm³/mol. The molecule has 0 radical (unpaired) electrons. The molecule has 2 heterocycles. The summed E-state index contributed by atoms with van der Waals surface area (Å²) in [6, 6.07) is 3.80. The SMILES string of the molecule is CC(C)C(C)C(=O)N1CCN(c2ccc(N)cn2)CC1.